The quantitative estimate of drug-likeness (QED) is 0.453. The molecule has 1 aromatic heterocycles. The van der Waals surface area contributed by atoms with Gasteiger partial charge in [0.2, 0.25) is 11.8 Å². The zero-order chi connectivity index (χ0) is 24.3. The number of aromatic nitrogens is 1. The van der Waals surface area contributed by atoms with E-state index in [1.807, 2.05) is 13.8 Å². The molecular formula is C24H24BrFN2O4S. The van der Waals surface area contributed by atoms with E-state index in [-0.39, 0.29) is 17.2 Å². The van der Waals surface area contributed by atoms with E-state index in [0.717, 1.165) is 0 Å². The number of nitrogens with zero attached hydrogens (tertiary/aromatic N) is 1. The Bertz CT molecular complexity index is 1310. The van der Waals surface area contributed by atoms with Crippen LogP contribution in [0.3, 0.4) is 0 Å². The number of benzene rings is 2. The molecule has 3 aromatic rings. The lowest BCUT2D eigenvalue weighted by atomic mass is 9.88. The Morgan fingerprint density at radius 3 is 2.58 bits per heavy atom. The molecule has 1 amide bonds. The number of ether oxygens (including phenoxy) is 1. The van der Waals surface area contributed by atoms with Gasteiger partial charge in [-0.2, -0.15) is 0 Å². The fourth-order valence-electron chi connectivity index (χ4n) is 3.58. The van der Waals surface area contributed by atoms with E-state index in [1.165, 1.54) is 31.5 Å². The Labute approximate surface area is 201 Å². The largest absolute Gasteiger partial charge is 0.481 e. The molecule has 0 saturated carbocycles. The van der Waals surface area contributed by atoms with Crippen LogP contribution in [0.1, 0.15) is 36.5 Å². The maximum atomic E-state index is 14.5. The molecule has 174 valence electrons. The molecule has 0 atom stereocenters. The highest BCUT2D eigenvalue weighted by Gasteiger charge is 2.23. The van der Waals surface area contributed by atoms with Crippen molar-refractivity contribution >= 4 is 31.9 Å². The van der Waals surface area contributed by atoms with Crippen LogP contribution in [-0.4, -0.2) is 26.4 Å². The summed E-state index contributed by atoms with van der Waals surface area (Å²) in [4.78, 5) is 17.0. The molecular weight excluding hydrogens is 511 g/mol. The Hall–Kier alpha value is -2.78. The van der Waals surface area contributed by atoms with Crippen molar-refractivity contribution in [1.82, 2.24) is 9.71 Å². The van der Waals surface area contributed by atoms with Gasteiger partial charge in [0, 0.05) is 16.7 Å². The molecule has 0 aliphatic rings. The number of nitrogens with one attached hydrogen (secondary N) is 1. The smallest absolute Gasteiger partial charge is 0.264 e. The van der Waals surface area contributed by atoms with Crippen LogP contribution < -0.4 is 9.46 Å². The summed E-state index contributed by atoms with van der Waals surface area (Å²) < 4.78 is 48.2. The maximum Gasteiger partial charge on any atom is 0.264 e. The molecule has 0 unspecified atom stereocenters. The first-order valence-electron chi connectivity index (χ1n) is 10.2. The number of sulfonamides is 1. The molecule has 0 aliphatic heterocycles. The molecule has 0 spiro atoms. The van der Waals surface area contributed by atoms with E-state index in [9.17, 15) is 17.6 Å². The summed E-state index contributed by atoms with van der Waals surface area (Å²) in [6.45, 7) is 5.42. The number of hydrogen-bond acceptors (Lipinski definition) is 5. The second-order valence-corrected chi connectivity index (χ2v) is 10.4. The van der Waals surface area contributed by atoms with E-state index >= 15 is 0 Å². The van der Waals surface area contributed by atoms with Crippen LogP contribution in [0.25, 0.3) is 11.1 Å². The van der Waals surface area contributed by atoms with E-state index in [0.29, 0.717) is 38.2 Å². The summed E-state index contributed by atoms with van der Waals surface area (Å²) in [5.74, 6) is -0.933. The minimum atomic E-state index is -4.10. The van der Waals surface area contributed by atoms with Crippen molar-refractivity contribution in [3.8, 4) is 17.0 Å². The van der Waals surface area contributed by atoms with Crippen LogP contribution in [0.4, 0.5) is 4.39 Å². The van der Waals surface area contributed by atoms with Gasteiger partial charge in [-0.15, -0.1) is 0 Å². The lowest BCUT2D eigenvalue weighted by Gasteiger charge is -2.18. The predicted molar refractivity (Wildman–Crippen MR) is 128 cm³/mol. The van der Waals surface area contributed by atoms with E-state index in [4.69, 9.17) is 4.74 Å². The van der Waals surface area contributed by atoms with Gasteiger partial charge in [0.1, 0.15) is 5.82 Å². The van der Waals surface area contributed by atoms with Crippen LogP contribution in [0.5, 0.6) is 5.88 Å². The summed E-state index contributed by atoms with van der Waals surface area (Å²) >= 11 is 3.26. The van der Waals surface area contributed by atoms with Crippen molar-refractivity contribution in [3.63, 3.8) is 0 Å². The highest BCUT2D eigenvalue weighted by molar-refractivity contribution is 9.10. The number of aryl methyl sites for hydroxylation is 1. The van der Waals surface area contributed by atoms with Crippen molar-refractivity contribution in [3.05, 3.63) is 75.6 Å². The first-order chi connectivity index (χ1) is 15.5. The van der Waals surface area contributed by atoms with Crippen LogP contribution in [0, 0.1) is 12.7 Å². The van der Waals surface area contributed by atoms with Crippen molar-refractivity contribution in [2.75, 3.05) is 7.11 Å². The minimum absolute atomic E-state index is 0.00695. The van der Waals surface area contributed by atoms with Crippen LogP contribution in [0.15, 0.2) is 58.0 Å². The third kappa shape index (κ3) is 5.78. The average Bonchev–Trinajstić information content (AvgIpc) is 2.75. The highest BCUT2D eigenvalue weighted by atomic mass is 79.9. The second kappa shape index (κ2) is 10.0. The van der Waals surface area contributed by atoms with Crippen molar-refractivity contribution < 1.29 is 22.3 Å². The Balaban J connectivity index is 2.03. The number of methoxy groups -OCH3 is 1. The van der Waals surface area contributed by atoms with Gasteiger partial charge in [-0.05, 0) is 71.0 Å². The summed E-state index contributed by atoms with van der Waals surface area (Å²) in [7, 11) is -2.62. The SMILES string of the molecule is COc1cc(-c2cc(F)cc(C(C)C)c2CC(=O)NS(=O)(=O)c2cc(Br)ccc2C)ccn1. The van der Waals surface area contributed by atoms with E-state index in [2.05, 4.69) is 25.6 Å². The predicted octanol–water partition coefficient (Wildman–Crippen LogP) is 5.14. The lowest BCUT2D eigenvalue weighted by molar-refractivity contribution is -0.118. The first kappa shape index (κ1) is 24.9. The molecule has 6 nitrogen and oxygen atoms in total. The van der Waals surface area contributed by atoms with E-state index in [1.54, 1.807) is 31.2 Å². The third-order valence-corrected chi connectivity index (χ3v) is 7.16. The topological polar surface area (TPSA) is 85.4 Å². The van der Waals surface area contributed by atoms with Gasteiger partial charge in [-0.3, -0.25) is 4.79 Å². The maximum absolute atomic E-state index is 14.5. The minimum Gasteiger partial charge on any atom is -0.481 e. The lowest BCUT2D eigenvalue weighted by Crippen LogP contribution is -2.32. The summed E-state index contributed by atoms with van der Waals surface area (Å²) in [6, 6.07) is 10.8. The molecule has 0 aliphatic carbocycles. The van der Waals surface area contributed by atoms with Crippen LogP contribution in [-0.2, 0) is 21.2 Å². The molecule has 3 rings (SSSR count). The molecule has 9 heteroatoms. The first-order valence-corrected chi connectivity index (χ1v) is 12.4. The van der Waals surface area contributed by atoms with Gasteiger partial charge < -0.3 is 4.74 Å². The molecule has 2 aromatic carbocycles. The van der Waals surface area contributed by atoms with Gasteiger partial charge in [0.05, 0.1) is 18.4 Å². The second-order valence-electron chi connectivity index (χ2n) is 7.88. The monoisotopic (exact) mass is 534 g/mol. The standard InChI is InChI=1S/C24H24BrFN2O4S/c1-14(2)19-11-18(26)12-20(16-7-8-27-24(9-16)32-4)21(19)13-23(29)28-33(30,31)22-10-17(25)6-5-15(22)3/h5-12,14H,13H2,1-4H3,(H,28,29). The number of hydrogen-bond donors (Lipinski definition) is 1. The fraction of sp³-hybridized carbons (Fsp3) is 0.250. The van der Waals surface area contributed by atoms with Gasteiger partial charge in [-0.1, -0.05) is 35.8 Å². The van der Waals surface area contributed by atoms with Crippen LogP contribution in [0.2, 0.25) is 0 Å². The summed E-state index contributed by atoms with van der Waals surface area (Å²) in [5.41, 5.74) is 2.75. The Morgan fingerprint density at radius 2 is 1.91 bits per heavy atom. The van der Waals surface area contributed by atoms with Gasteiger partial charge in [0.15, 0.2) is 0 Å². The van der Waals surface area contributed by atoms with E-state index < -0.39 is 21.7 Å². The fourth-order valence-corrected chi connectivity index (χ4v) is 5.35. The molecule has 0 fully saturated rings. The number of amides is 1. The Morgan fingerprint density at radius 1 is 1.18 bits per heavy atom. The summed E-state index contributed by atoms with van der Waals surface area (Å²) in [5, 5.41) is 0. The summed E-state index contributed by atoms with van der Waals surface area (Å²) in [6.07, 6.45) is 1.28. The van der Waals surface area contributed by atoms with Crippen LogP contribution >= 0.6 is 15.9 Å². The molecule has 1 heterocycles. The number of halogens is 2. The Kier molecular flexibility index (Phi) is 7.54. The number of pyridine rings is 1. The van der Waals surface area contributed by atoms with Gasteiger partial charge in [-0.25, -0.2) is 22.5 Å². The highest BCUT2D eigenvalue weighted by Crippen LogP contribution is 2.33. The average molecular weight is 535 g/mol. The molecule has 33 heavy (non-hydrogen) atoms. The number of carbonyl (C=O) groups excluding carboxylic acids is 1. The zero-order valence-electron chi connectivity index (χ0n) is 18.6. The zero-order valence-corrected chi connectivity index (χ0v) is 21.1. The van der Waals surface area contributed by atoms with Gasteiger partial charge in [0.25, 0.3) is 10.0 Å². The van der Waals surface area contributed by atoms with Crippen molar-refractivity contribution in [2.45, 2.75) is 38.0 Å². The molecule has 0 radical (unpaired) electrons. The number of rotatable bonds is 7. The normalized spacial score (nSPS) is 11.5. The van der Waals surface area contributed by atoms with Crippen molar-refractivity contribution in [1.29, 1.82) is 0 Å². The molecule has 0 bridgehead atoms. The van der Waals surface area contributed by atoms with Gasteiger partial charge >= 0.3 is 0 Å². The third-order valence-electron chi connectivity index (χ3n) is 5.15. The number of carbonyl (C=O) groups is 1. The molecule has 1 N–H and O–H groups in total. The van der Waals surface area contributed by atoms with Crippen molar-refractivity contribution in [2.24, 2.45) is 0 Å². The molecule has 0 saturated heterocycles.